The molecule has 1 aromatic carbocycles. The van der Waals surface area contributed by atoms with E-state index in [1.807, 2.05) is 25.1 Å². The van der Waals surface area contributed by atoms with Crippen LogP contribution in [-0.4, -0.2) is 19.0 Å². The molecule has 1 aliphatic heterocycles. The van der Waals surface area contributed by atoms with E-state index in [4.69, 9.17) is 11.6 Å². The Hall–Kier alpha value is -1.06. The third kappa shape index (κ3) is 3.33. The van der Waals surface area contributed by atoms with E-state index in [9.17, 15) is 4.79 Å². The number of halogens is 1. The molecule has 1 unspecified atom stereocenters. The molecule has 0 bridgehead atoms. The first-order valence-electron chi connectivity index (χ1n) is 7.36. The summed E-state index contributed by atoms with van der Waals surface area (Å²) in [4.78, 5) is 12.7. The molecule has 0 spiro atoms. The number of hydrogen-bond donors (Lipinski definition) is 2. The summed E-state index contributed by atoms with van der Waals surface area (Å²) in [6.07, 6.45) is 3.98. The Bertz CT molecular complexity index is 476. The minimum absolute atomic E-state index is 0.136. The smallest absolute Gasteiger partial charge is 0.231 e. The van der Waals surface area contributed by atoms with Gasteiger partial charge in [0.25, 0.3) is 0 Å². The van der Waals surface area contributed by atoms with E-state index in [0.717, 1.165) is 50.0 Å². The average Bonchev–Trinajstić information content (AvgIpc) is 2.43. The van der Waals surface area contributed by atoms with Crippen LogP contribution in [0.15, 0.2) is 18.2 Å². The van der Waals surface area contributed by atoms with Crippen LogP contribution in [0.3, 0.4) is 0 Å². The SMILES string of the molecule is CCCC1(C(=O)Nc2ccc(Cl)cc2C)CCCNC1. The lowest BCUT2D eigenvalue weighted by Gasteiger charge is -2.36. The highest BCUT2D eigenvalue weighted by molar-refractivity contribution is 6.30. The number of aryl methyl sites for hydroxylation is 1. The van der Waals surface area contributed by atoms with Gasteiger partial charge in [-0.2, -0.15) is 0 Å². The Morgan fingerprint density at radius 2 is 2.30 bits per heavy atom. The first-order valence-corrected chi connectivity index (χ1v) is 7.73. The van der Waals surface area contributed by atoms with Crippen molar-refractivity contribution in [2.45, 2.75) is 39.5 Å². The lowest BCUT2D eigenvalue weighted by atomic mass is 9.76. The summed E-state index contributed by atoms with van der Waals surface area (Å²) in [5.41, 5.74) is 1.60. The van der Waals surface area contributed by atoms with Crippen LogP contribution < -0.4 is 10.6 Å². The Kier molecular flexibility index (Phi) is 5.06. The van der Waals surface area contributed by atoms with E-state index in [0.29, 0.717) is 5.02 Å². The van der Waals surface area contributed by atoms with Gasteiger partial charge in [0.05, 0.1) is 5.41 Å². The monoisotopic (exact) mass is 294 g/mol. The largest absolute Gasteiger partial charge is 0.325 e. The van der Waals surface area contributed by atoms with Crippen LogP contribution >= 0.6 is 11.6 Å². The molecule has 1 amide bonds. The van der Waals surface area contributed by atoms with Gasteiger partial charge < -0.3 is 10.6 Å². The number of benzene rings is 1. The van der Waals surface area contributed by atoms with Gasteiger partial charge in [-0.1, -0.05) is 24.9 Å². The number of amides is 1. The quantitative estimate of drug-likeness (QED) is 0.888. The van der Waals surface area contributed by atoms with Gasteiger partial charge in [-0.3, -0.25) is 4.79 Å². The minimum Gasteiger partial charge on any atom is -0.325 e. The first kappa shape index (κ1) is 15.3. The fourth-order valence-corrected chi connectivity index (χ4v) is 3.22. The molecule has 1 saturated heterocycles. The van der Waals surface area contributed by atoms with Crippen LogP contribution in [0.2, 0.25) is 5.02 Å². The van der Waals surface area contributed by atoms with Crippen molar-refractivity contribution in [3.05, 3.63) is 28.8 Å². The molecule has 0 aliphatic carbocycles. The fraction of sp³-hybridized carbons (Fsp3) is 0.562. The average molecular weight is 295 g/mol. The second-order valence-electron chi connectivity index (χ2n) is 5.72. The molecule has 1 atom stereocenters. The van der Waals surface area contributed by atoms with Crippen LogP contribution in [0.4, 0.5) is 5.69 Å². The van der Waals surface area contributed by atoms with Gasteiger partial charge >= 0.3 is 0 Å². The standard InChI is InChI=1S/C16H23ClN2O/c1-3-7-16(8-4-9-18-11-16)15(20)19-14-6-5-13(17)10-12(14)2/h5-6,10,18H,3-4,7-9,11H2,1-2H3,(H,19,20). The topological polar surface area (TPSA) is 41.1 Å². The number of carbonyl (C=O) groups is 1. The number of nitrogens with one attached hydrogen (secondary N) is 2. The molecule has 0 aromatic heterocycles. The number of anilines is 1. The Morgan fingerprint density at radius 3 is 2.90 bits per heavy atom. The van der Waals surface area contributed by atoms with Crippen LogP contribution in [0, 0.1) is 12.3 Å². The summed E-state index contributed by atoms with van der Waals surface area (Å²) in [7, 11) is 0. The molecule has 20 heavy (non-hydrogen) atoms. The van der Waals surface area contributed by atoms with Crippen LogP contribution in [0.25, 0.3) is 0 Å². The second kappa shape index (κ2) is 6.59. The van der Waals surface area contributed by atoms with E-state index in [2.05, 4.69) is 17.6 Å². The molecule has 0 saturated carbocycles. The summed E-state index contributed by atoms with van der Waals surface area (Å²) in [5.74, 6) is 0.136. The lowest BCUT2D eigenvalue weighted by Crippen LogP contribution is -2.48. The van der Waals surface area contributed by atoms with Crippen molar-refractivity contribution in [2.75, 3.05) is 18.4 Å². The summed E-state index contributed by atoms with van der Waals surface area (Å²) in [6, 6.07) is 5.57. The van der Waals surface area contributed by atoms with Crippen molar-refractivity contribution in [3.8, 4) is 0 Å². The summed E-state index contributed by atoms with van der Waals surface area (Å²) >= 11 is 5.96. The summed E-state index contributed by atoms with van der Waals surface area (Å²) in [5, 5.41) is 7.16. The van der Waals surface area contributed by atoms with Gasteiger partial charge in [0.2, 0.25) is 5.91 Å². The van der Waals surface area contributed by atoms with Crippen molar-refractivity contribution in [1.29, 1.82) is 0 Å². The van der Waals surface area contributed by atoms with Crippen molar-refractivity contribution < 1.29 is 4.79 Å². The van der Waals surface area contributed by atoms with E-state index in [1.54, 1.807) is 0 Å². The fourth-order valence-electron chi connectivity index (χ4n) is 2.99. The molecule has 1 fully saturated rings. The van der Waals surface area contributed by atoms with Gasteiger partial charge in [-0.05, 0) is 56.5 Å². The molecular weight excluding hydrogens is 272 g/mol. The Balaban J connectivity index is 2.15. The molecule has 2 rings (SSSR count). The van der Waals surface area contributed by atoms with Gasteiger partial charge in [0.1, 0.15) is 0 Å². The molecular formula is C16H23ClN2O. The normalized spacial score (nSPS) is 22.6. The molecule has 1 aromatic rings. The highest BCUT2D eigenvalue weighted by atomic mass is 35.5. The Morgan fingerprint density at radius 1 is 1.50 bits per heavy atom. The van der Waals surface area contributed by atoms with E-state index in [-0.39, 0.29) is 11.3 Å². The maximum atomic E-state index is 12.7. The summed E-state index contributed by atoms with van der Waals surface area (Å²) in [6.45, 7) is 5.89. The van der Waals surface area contributed by atoms with Gasteiger partial charge in [0, 0.05) is 17.3 Å². The minimum atomic E-state index is -0.265. The highest BCUT2D eigenvalue weighted by Gasteiger charge is 2.38. The lowest BCUT2D eigenvalue weighted by molar-refractivity contribution is -0.127. The maximum Gasteiger partial charge on any atom is 0.231 e. The van der Waals surface area contributed by atoms with Crippen LogP contribution in [-0.2, 0) is 4.79 Å². The van der Waals surface area contributed by atoms with Crippen molar-refractivity contribution in [1.82, 2.24) is 5.32 Å². The Labute approximate surface area is 126 Å². The second-order valence-corrected chi connectivity index (χ2v) is 6.16. The number of hydrogen-bond acceptors (Lipinski definition) is 2. The molecule has 0 radical (unpaired) electrons. The number of piperidine rings is 1. The molecule has 3 nitrogen and oxygen atoms in total. The van der Waals surface area contributed by atoms with Gasteiger partial charge in [0.15, 0.2) is 0 Å². The molecule has 4 heteroatoms. The zero-order chi connectivity index (χ0) is 14.6. The molecule has 110 valence electrons. The summed E-state index contributed by atoms with van der Waals surface area (Å²) < 4.78 is 0. The predicted molar refractivity (Wildman–Crippen MR) is 84.3 cm³/mol. The third-order valence-electron chi connectivity index (χ3n) is 4.12. The molecule has 2 N–H and O–H groups in total. The molecule has 1 heterocycles. The van der Waals surface area contributed by atoms with Crippen molar-refractivity contribution in [2.24, 2.45) is 5.41 Å². The third-order valence-corrected chi connectivity index (χ3v) is 4.35. The van der Waals surface area contributed by atoms with Crippen molar-refractivity contribution >= 4 is 23.2 Å². The number of rotatable bonds is 4. The van der Waals surface area contributed by atoms with Crippen LogP contribution in [0.1, 0.15) is 38.2 Å². The zero-order valence-electron chi connectivity index (χ0n) is 12.3. The van der Waals surface area contributed by atoms with Gasteiger partial charge in [-0.15, -0.1) is 0 Å². The van der Waals surface area contributed by atoms with E-state index >= 15 is 0 Å². The number of carbonyl (C=O) groups excluding carboxylic acids is 1. The maximum absolute atomic E-state index is 12.7. The highest BCUT2D eigenvalue weighted by Crippen LogP contribution is 2.33. The van der Waals surface area contributed by atoms with E-state index in [1.165, 1.54) is 0 Å². The molecule has 1 aliphatic rings. The van der Waals surface area contributed by atoms with Crippen molar-refractivity contribution in [3.63, 3.8) is 0 Å². The first-order chi connectivity index (χ1) is 9.57. The zero-order valence-corrected chi connectivity index (χ0v) is 13.0. The predicted octanol–water partition coefficient (Wildman–Crippen LogP) is 3.76. The van der Waals surface area contributed by atoms with E-state index < -0.39 is 0 Å². The van der Waals surface area contributed by atoms with Gasteiger partial charge in [-0.25, -0.2) is 0 Å². The van der Waals surface area contributed by atoms with Crippen LogP contribution in [0.5, 0.6) is 0 Å².